The zero-order chi connectivity index (χ0) is 12.8. The normalized spacial score (nSPS) is 14.9. The summed E-state index contributed by atoms with van der Waals surface area (Å²) in [6, 6.07) is 2.21. The fourth-order valence-electron chi connectivity index (χ4n) is 1.87. The number of ether oxygens (including phenoxy) is 1. The van der Waals surface area contributed by atoms with E-state index in [-0.39, 0.29) is 6.04 Å². The molecule has 0 aliphatic carbocycles. The van der Waals surface area contributed by atoms with Gasteiger partial charge in [-0.25, -0.2) is 0 Å². The molecule has 98 valence electrons. The van der Waals surface area contributed by atoms with Gasteiger partial charge in [0.15, 0.2) is 0 Å². The van der Waals surface area contributed by atoms with Gasteiger partial charge in [-0.15, -0.1) is 11.3 Å². The van der Waals surface area contributed by atoms with Crippen LogP contribution in [0.15, 0.2) is 6.07 Å². The van der Waals surface area contributed by atoms with Gasteiger partial charge in [0.2, 0.25) is 0 Å². The summed E-state index contributed by atoms with van der Waals surface area (Å²) >= 11 is 13.6. The number of methoxy groups -OCH3 is 1. The maximum absolute atomic E-state index is 6.22. The van der Waals surface area contributed by atoms with Gasteiger partial charge in [-0.2, -0.15) is 0 Å². The molecule has 0 aromatic carbocycles. The molecule has 0 saturated heterocycles. The van der Waals surface area contributed by atoms with Crippen LogP contribution in [0.5, 0.6) is 0 Å². The highest BCUT2D eigenvalue weighted by Gasteiger charge is 2.22. The molecule has 0 saturated carbocycles. The summed E-state index contributed by atoms with van der Waals surface area (Å²) in [4.78, 5) is 0. The van der Waals surface area contributed by atoms with Gasteiger partial charge in [-0.05, 0) is 24.9 Å². The van der Waals surface area contributed by atoms with Gasteiger partial charge in [0.05, 0.1) is 8.67 Å². The van der Waals surface area contributed by atoms with Gasteiger partial charge in [0.25, 0.3) is 0 Å². The van der Waals surface area contributed by atoms with E-state index in [1.165, 1.54) is 11.3 Å². The van der Waals surface area contributed by atoms with Crippen molar-refractivity contribution in [1.82, 2.24) is 5.32 Å². The Morgan fingerprint density at radius 1 is 1.47 bits per heavy atom. The number of thiophene rings is 1. The topological polar surface area (TPSA) is 21.3 Å². The van der Waals surface area contributed by atoms with Crippen molar-refractivity contribution in [3.8, 4) is 0 Å². The van der Waals surface area contributed by atoms with Crippen LogP contribution in [0, 0.1) is 5.92 Å². The van der Waals surface area contributed by atoms with E-state index in [2.05, 4.69) is 19.2 Å². The fourth-order valence-corrected chi connectivity index (χ4v) is 3.42. The molecule has 1 aromatic rings. The van der Waals surface area contributed by atoms with E-state index in [1.54, 1.807) is 7.11 Å². The number of hydrogen-bond donors (Lipinski definition) is 1. The Hall–Kier alpha value is 0.200. The first-order valence-electron chi connectivity index (χ1n) is 5.77. The standard InChI is InChI=1S/C12H19Cl2NOS/c1-4-15-11(8(2)5-6-16-3)9-7-10(13)17-12(9)14/h7-8,11,15H,4-6H2,1-3H3. The largest absolute Gasteiger partial charge is 0.385 e. The summed E-state index contributed by atoms with van der Waals surface area (Å²) in [6.07, 6.45) is 0.998. The first-order valence-corrected chi connectivity index (χ1v) is 7.34. The third-order valence-electron chi connectivity index (χ3n) is 2.79. The quantitative estimate of drug-likeness (QED) is 0.806. The number of rotatable bonds is 7. The van der Waals surface area contributed by atoms with Gasteiger partial charge < -0.3 is 10.1 Å². The predicted octanol–water partition coefficient (Wildman–Crippen LogP) is 4.38. The first-order chi connectivity index (χ1) is 8.10. The molecule has 5 heteroatoms. The molecule has 1 rings (SSSR count). The minimum Gasteiger partial charge on any atom is -0.385 e. The second kappa shape index (κ2) is 7.59. The van der Waals surface area contributed by atoms with Crippen molar-refractivity contribution in [3.63, 3.8) is 0 Å². The lowest BCUT2D eigenvalue weighted by molar-refractivity contribution is 0.170. The highest BCUT2D eigenvalue weighted by Crippen LogP contribution is 2.38. The maximum Gasteiger partial charge on any atom is 0.0992 e. The zero-order valence-corrected chi connectivity index (χ0v) is 12.8. The van der Waals surface area contributed by atoms with Crippen molar-refractivity contribution in [2.24, 2.45) is 5.92 Å². The highest BCUT2D eigenvalue weighted by atomic mass is 35.5. The minimum absolute atomic E-state index is 0.242. The van der Waals surface area contributed by atoms with Gasteiger partial charge in [-0.3, -0.25) is 0 Å². The Morgan fingerprint density at radius 3 is 2.65 bits per heavy atom. The van der Waals surface area contributed by atoms with Crippen LogP contribution >= 0.6 is 34.5 Å². The van der Waals surface area contributed by atoms with E-state index in [4.69, 9.17) is 27.9 Å². The molecule has 0 bridgehead atoms. The van der Waals surface area contributed by atoms with Crippen LogP contribution in [0.4, 0.5) is 0 Å². The van der Waals surface area contributed by atoms with Crippen LogP contribution in [0.25, 0.3) is 0 Å². The molecule has 1 N–H and O–H groups in total. The summed E-state index contributed by atoms with van der Waals surface area (Å²) < 4.78 is 6.65. The number of hydrogen-bond acceptors (Lipinski definition) is 3. The Kier molecular flexibility index (Phi) is 6.82. The van der Waals surface area contributed by atoms with E-state index < -0.39 is 0 Å². The minimum atomic E-state index is 0.242. The summed E-state index contributed by atoms with van der Waals surface area (Å²) in [5.41, 5.74) is 1.10. The van der Waals surface area contributed by atoms with Crippen LogP contribution < -0.4 is 5.32 Å². The van der Waals surface area contributed by atoms with Crippen LogP contribution in [-0.2, 0) is 4.74 Å². The van der Waals surface area contributed by atoms with Crippen molar-refractivity contribution < 1.29 is 4.74 Å². The molecule has 17 heavy (non-hydrogen) atoms. The van der Waals surface area contributed by atoms with E-state index in [0.29, 0.717) is 5.92 Å². The third-order valence-corrected chi connectivity index (χ3v) is 4.31. The van der Waals surface area contributed by atoms with E-state index >= 15 is 0 Å². The van der Waals surface area contributed by atoms with Crippen molar-refractivity contribution in [2.75, 3.05) is 20.3 Å². The molecule has 0 spiro atoms. The van der Waals surface area contributed by atoms with Gasteiger partial charge >= 0.3 is 0 Å². The molecule has 2 atom stereocenters. The van der Waals surface area contributed by atoms with Crippen LogP contribution in [-0.4, -0.2) is 20.3 Å². The van der Waals surface area contributed by atoms with Gasteiger partial charge in [0.1, 0.15) is 0 Å². The molecule has 2 unspecified atom stereocenters. The Labute approximate surface area is 117 Å². The molecule has 1 aromatic heterocycles. The molecule has 0 amide bonds. The van der Waals surface area contributed by atoms with Crippen molar-refractivity contribution >= 4 is 34.5 Å². The second-order valence-electron chi connectivity index (χ2n) is 4.07. The third kappa shape index (κ3) is 4.42. The predicted molar refractivity (Wildman–Crippen MR) is 76.4 cm³/mol. The van der Waals surface area contributed by atoms with Gasteiger partial charge in [-0.1, -0.05) is 37.0 Å². The van der Waals surface area contributed by atoms with Crippen LogP contribution in [0.2, 0.25) is 8.67 Å². The lowest BCUT2D eigenvalue weighted by Crippen LogP contribution is -2.27. The molecular formula is C12H19Cl2NOS. The summed E-state index contributed by atoms with van der Waals surface area (Å²) in [5, 5.41) is 3.47. The summed E-state index contributed by atoms with van der Waals surface area (Å²) in [6.45, 7) is 5.97. The Balaban J connectivity index is 2.80. The van der Waals surface area contributed by atoms with Crippen LogP contribution in [0.1, 0.15) is 31.9 Å². The lowest BCUT2D eigenvalue weighted by atomic mass is 9.94. The molecule has 0 aliphatic heterocycles. The van der Waals surface area contributed by atoms with E-state index in [1.807, 2.05) is 6.07 Å². The number of nitrogens with one attached hydrogen (secondary N) is 1. The van der Waals surface area contributed by atoms with E-state index in [0.717, 1.165) is 33.8 Å². The average Bonchev–Trinajstić information content (AvgIpc) is 2.62. The first kappa shape index (κ1) is 15.3. The molecule has 1 heterocycles. The summed E-state index contributed by atoms with van der Waals surface area (Å²) in [7, 11) is 1.73. The fraction of sp³-hybridized carbons (Fsp3) is 0.667. The number of halogens is 2. The van der Waals surface area contributed by atoms with Crippen molar-refractivity contribution in [2.45, 2.75) is 26.3 Å². The van der Waals surface area contributed by atoms with Crippen molar-refractivity contribution in [3.05, 3.63) is 20.3 Å². The van der Waals surface area contributed by atoms with Gasteiger partial charge in [0, 0.05) is 25.3 Å². The molecule has 0 radical (unpaired) electrons. The zero-order valence-electron chi connectivity index (χ0n) is 10.4. The summed E-state index contributed by atoms with van der Waals surface area (Å²) in [5.74, 6) is 0.457. The SMILES string of the molecule is CCNC(c1cc(Cl)sc1Cl)C(C)CCOC. The molecule has 0 fully saturated rings. The lowest BCUT2D eigenvalue weighted by Gasteiger charge is -2.24. The molecule has 0 aliphatic rings. The van der Waals surface area contributed by atoms with E-state index in [9.17, 15) is 0 Å². The second-order valence-corrected chi connectivity index (χ2v) is 6.36. The monoisotopic (exact) mass is 295 g/mol. The molecular weight excluding hydrogens is 277 g/mol. The highest BCUT2D eigenvalue weighted by molar-refractivity contribution is 7.20. The van der Waals surface area contributed by atoms with Crippen molar-refractivity contribution in [1.29, 1.82) is 0 Å². The maximum atomic E-state index is 6.22. The average molecular weight is 296 g/mol. The molecule has 2 nitrogen and oxygen atoms in total. The Bertz CT molecular complexity index is 343. The Morgan fingerprint density at radius 2 is 2.18 bits per heavy atom. The smallest absolute Gasteiger partial charge is 0.0992 e. The van der Waals surface area contributed by atoms with Crippen LogP contribution in [0.3, 0.4) is 0 Å².